The molecule has 12 N–H and O–H groups in total. The lowest BCUT2D eigenvalue weighted by molar-refractivity contribution is -0.178. The van der Waals surface area contributed by atoms with E-state index in [-0.39, 0.29) is 38.2 Å². The smallest absolute Gasteiger partial charge is 0.371 e. The van der Waals surface area contributed by atoms with Crippen LogP contribution in [0.15, 0.2) is 20.5 Å². The molecule has 0 aliphatic carbocycles. The van der Waals surface area contributed by atoms with Gasteiger partial charge in [0.15, 0.2) is 0 Å². The monoisotopic (exact) mass is 1440 g/mol. The number of ether oxygens (including phenoxy) is 6. The molecule has 0 amide bonds. The van der Waals surface area contributed by atoms with E-state index in [0.29, 0.717) is 0 Å². The van der Waals surface area contributed by atoms with Crippen LogP contribution in [0.25, 0.3) is 46.6 Å². The average molecular weight is 1440 g/mol. The van der Waals surface area contributed by atoms with E-state index in [1.165, 1.54) is 0 Å². The van der Waals surface area contributed by atoms with Crippen molar-refractivity contribution in [2.45, 2.75) is 132 Å². The lowest BCUT2D eigenvalue weighted by Crippen LogP contribution is -2.36. The van der Waals surface area contributed by atoms with Crippen molar-refractivity contribution in [2.75, 3.05) is 19.8 Å². The van der Waals surface area contributed by atoms with E-state index in [9.17, 15) is 60.2 Å². The molecule has 0 aromatic heterocycles. The van der Waals surface area contributed by atoms with Gasteiger partial charge in [-0.3, -0.25) is 23.2 Å². The van der Waals surface area contributed by atoms with E-state index < -0.39 is 163 Å². The van der Waals surface area contributed by atoms with Gasteiger partial charge in [0.2, 0.25) is 5.85 Å². The fourth-order valence-corrected chi connectivity index (χ4v) is 15.5. The summed E-state index contributed by atoms with van der Waals surface area (Å²) in [4.78, 5) is 119. The van der Waals surface area contributed by atoms with Crippen LogP contribution in [0, 0.1) is 6.57 Å². The Morgan fingerprint density at radius 2 is 0.747 bits per heavy atom. The maximum absolute atomic E-state index is 13.9. The van der Waals surface area contributed by atoms with Gasteiger partial charge < -0.3 is 82.4 Å². The highest BCUT2D eigenvalue weighted by molar-refractivity contribution is 7.67. The fraction of sp³-hybridized carbons (Fsp3) is 0.960. The Hall–Kier alpha value is -2.16. The van der Waals surface area contributed by atoms with Gasteiger partial charge in [-0.2, -0.15) is 25.9 Å². The summed E-state index contributed by atoms with van der Waals surface area (Å²) in [5, 5.41) is 12.4. The molecule has 3 saturated heterocycles. The van der Waals surface area contributed by atoms with Gasteiger partial charge in [0.05, 0.1) is 80.0 Å². The first-order chi connectivity index (χ1) is 39.4. The molecule has 87 heavy (non-hydrogen) atoms. The maximum atomic E-state index is 13.9. The second-order valence-electron chi connectivity index (χ2n) is 16.5. The van der Waals surface area contributed by atoms with Crippen LogP contribution >= 0.6 is 70.4 Å². The van der Waals surface area contributed by atoms with E-state index in [1.54, 1.807) is 0 Å². The molecule has 0 saturated carbocycles. The summed E-state index contributed by atoms with van der Waals surface area (Å²) < 4.78 is 182. The van der Waals surface area contributed by atoms with Crippen molar-refractivity contribution in [3.63, 3.8) is 0 Å². The van der Waals surface area contributed by atoms with Crippen LogP contribution in [-0.4, -0.2) is 175 Å². The minimum Gasteiger partial charge on any atom is -0.371 e. The molecule has 49 nitrogen and oxygen atoms in total. The van der Waals surface area contributed by atoms with Gasteiger partial charge in [0.1, 0.15) is 18.3 Å². The summed E-state index contributed by atoms with van der Waals surface area (Å²) in [5.74, 6) is -6.78. The van der Waals surface area contributed by atoms with Gasteiger partial charge in [-0.05, 0) is 34.2 Å². The first kappa shape index (κ1) is 82.9. The average Bonchev–Trinajstić information content (AvgIpc) is 3.15. The molecular weight excluding hydrogens is 1390 g/mol. The first-order valence-corrected chi connectivity index (χ1v) is 35.7. The van der Waals surface area contributed by atoms with Gasteiger partial charge in [-0.15, -0.1) is 0 Å². The molecule has 3 aliphatic rings. The number of nitrogens with zero attached hydrogens (tertiary/aromatic N) is 13. The molecule has 3 aliphatic heterocycles. The zero-order valence-corrected chi connectivity index (χ0v) is 51.7. The van der Waals surface area contributed by atoms with Gasteiger partial charge in [0, 0.05) is 57.9 Å². The van der Waals surface area contributed by atoms with E-state index in [0.717, 1.165) is 20.8 Å². The van der Waals surface area contributed by atoms with E-state index in [2.05, 4.69) is 84.4 Å². The maximum Gasteiger partial charge on any atom is 0.490 e. The lowest BCUT2D eigenvalue weighted by Gasteiger charge is -2.27. The van der Waals surface area contributed by atoms with Gasteiger partial charge in [-0.1, -0.05) is 29.2 Å². The highest BCUT2D eigenvalue weighted by Crippen LogP contribution is 2.68. The topological polar surface area (TPSA) is 734 Å². The molecule has 3 heterocycles. The Morgan fingerprint density at radius 1 is 0.471 bits per heavy atom. The number of halogens is 1. The van der Waals surface area contributed by atoms with Crippen LogP contribution in [-0.2, 0) is 109 Å². The first-order valence-electron chi connectivity index (χ1n) is 22.1. The summed E-state index contributed by atoms with van der Waals surface area (Å²) in [6.07, 6.45) is -8.68. The Kier molecular flexibility index (Phi) is 32.5. The summed E-state index contributed by atoms with van der Waals surface area (Å²) in [5.41, 5.74) is 34.0. The standard InChI is InChI=1S/C9H16BN4O12P3.C8H16BFN3O12P3.C8H16BN6O12P3/c1-9(12-2,13-14-11)24-7-3-6(4-10)23-8(7)5-22-28(18,19)26-29(20,21)25-27(15,16)17;1-8(10,12-13-11)23-6-2-5(3-9)22-7(6)4-21-27(17,18)25-28(19,20)24-26(14,15)16;1-8(12-14-10,13-15-11)25-6-2-5(3-9)24-7(6)4-23-29(19,20)27-30(21,22)26-28(16,17)18/h6-8H,3-5H2,1H3,(H,18,19)(H,20,21)(H2,15,16,17);5-7H,2-4H2,1H3,(H,17,18)(H,19,20)(H2,14,15,16);5-7H,2-4H2,1H3,(H,19,20)(H,21,22)(H2,16,17,18)/t6-,7?,8-,9?;5-,6?,7-,8?;5-,6?,7-/m111/s1. The summed E-state index contributed by atoms with van der Waals surface area (Å²) >= 11 is 0. The van der Waals surface area contributed by atoms with Gasteiger partial charge in [-0.25, -0.2) is 52.0 Å². The second-order valence-corrected chi connectivity index (χ2v) is 29.8. The van der Waals surface area contributed by atoms with Crippen molar-refractivity contribution in [3.8, 4) is 0 Å². The normalized spacial score (nSPS) is 28.4. The third kappa shape index (κ3) is 34.4. The zero-order chi connectivity index (χ0) is 67.5. The van der Waals surface area contributed by atoms with E-state index >= 15 is 0 Å². The zero-order valence-electron chi connectivity index (χ0n) is 43.7. The van der Waals surface area contributed by atoms with E-state index in [1.807, 2.05) is 0 Å². The van der Waals surface area contributed by atoms with Crippen molar-refractivity contribution >= 4 is 93.9 Å². The van der Waals surface area contributed by atoms with Crippen molar-refractivity contribution in [1.29, 1.82) is 0 Å². The minimum absolute atomic E-state index is 0.00185. The predicted octanol–water partition coefficient (Wildman–Crippen LogP) is 4.53. The summed E-state index contributed by atoms with van der Waals surface area (Å²) in [6.45, 7) is 7.65. The second kappa shape index (κ2) is 34.1. The fourth-order valence-electron chi connectivity index (χ4n) is 6.43. The molecule has 0 bridgehead atoms. The Morgan fingerprint density at radius 3 is 1.00 bits per heavy atom. The van der Waals surface area contributed by atoms with Gasteiger partial charge in [0.25, 0.3) is 5.98 Å². The number of azide groups is 3. The third-order valence-corrected chi connectivity index (χ3v) is 20.7. The highest BCUT2D eigenvalue weighted by atomic mass is 31.3. The summed E-state index contributed by atoms with van der Waals surface area (Å²) in [7, 11) is -33.4. The Labute approximate surface area is 489 Å². The number of rotatable bonds is 34. The van der Waals surface area contributed by atoms with Gasteiger partial charge >= 0.3 is 76.3 Å². The van der Waals surface area contributed by atoms with Crippen LogP contribution in [0.5, 0.6) is 0 Å². The molecular formula is C25H48B3FN13O36P9. The molecule has 490 valence electrons. The lowest BCUT2D eigenvalue weighted by atomic mass is 9.97. The number of hydrogen-bond acceptors (Lipinski definition) is 28. The summed E-state index contributed by atoms with van der Waals surface area (Å²) in [6, 6.07) is 0. The molecule has 0 aromatic carbocycles. The minimum atomic E-state index is -5.69. The molecule has 17 atom stereocenters. The van der Waals surface area contributed by atoms with Crippen LogP contribution in [0.3, 0.4) is 0 Å². The van der Waals surface area contributed by atoms with Crippen LogP contribution in [0.4, 0.5) is 4.39 Å². The Balaban J connectivity index is 0.000000653. The largest absolute Gasteiger partial charge is 0.490 e. The van der Waals surface area contributed by atoms with Crippen molar-refractivity contribution < 1.29 is 172 Å². The number of phosphoric ester groups is 3. The number of alkyl halides is 1. The molecule has 3 rings (SSSR count). The van der Waals surface area contributed by atoms with Crippen molar-refractivity contribution in [1.82, 2.24) is 0 Å². The van der Waals surface area contributed by atoms with Crippen LogP contribution in [0.1, 0.15) is 40.0 Å². The number of hydrogen-bond donors (Lipinski definition) is 12. The highest BCUT2D eigenvalue weighted by Gasteiger charge is 2.49. The van der Waals surface area contributed by atoms with Crippen molar-refractivity contribution in [3.05, 3.63) is 53.2 Å². The molecule has 62 heteroatoms. The predicted molar refractivity (Wildman–Crippen MR) is 275 cm³/mol. The molecule has 0 aromatic rings. The molecule has 3 fully saturated rings. The van der Waals surface area contributed by atoms with Crippen molar-refractivity contribution in [2.24, 2.45) is 20.5 Å². The van der Waals surface area contributed by atoms with E-state index in [4.69, 9.17) is 125 Å². The molecule has 11 unspecified atom stereocenters. The SMILES string of the molecule is [B]C[C@H]1CC(OC(C)(F)N=[N+]=[N-])[C@@H](COP(=O)(O)OP(=O)(O)OP(=O)(O)O)O1.[B]C[C@H]1CC(OC(C)(N=[N+]=[N-])N=[N+]=[N-])[C@@H](COP(=O)(O)OP(=O)(O)OP(=O)(O)O)O1.[B]C[C@H]1CC(OC(C)(N=[N+]=[N-])[N+]#[C-])[C@@H](COP(=O)(O)OP(=O)(O)OP(=O)(O)O)O1. The Bertz CT molecular complexity index is 3030. The van der Waals surface area contributed by atoms with Crippen LogP contribution < -0.4 is 0 Å². The number of phosphoric acid groups is 9. The van der Waals surface area contributed by atoms with Crippen LogP contribution in [0.2, 0.25) is 19.0 Å². The molecule has 6 radical (unpaired) electrons. The quantitative estimate of drug-likeness (QED) is 0.00801. The third-order valence-electron chi connectivity index (χ3n) is 9.31. The molecule has 0 spiro atoms.